The van der Waals surface area contributed by atoms with Gasteiger partial charge in [-0.25, -0.2) is 13.9 Å². The van der Waals surface area contributed by atoms with E-state index in [0.29, 0.717) is 35.6 Å². The smallest absolute Gasteiger partial charge is 0.252 e. The second-order valence-electron chi connectivity index (χ2n) is 8.69. The summed E-state index contributed by atoms with van der Waals surface area (Å²) in [5.41, 5.74) is 8.32. The van der Waals surface area contributed by atoms with Crippen LogP contribution in [-0.2, 0) is 9.59 Å². The van der Waals surface area contributed by atoms with Gasteiger partial charge in [0.05, 0.1) is 11.9 Å². The van der Waals surface area contributed by atoms with Crippen molar-refractivity contribution >= 4 is 28.8 Å². The summed E-state index contributed by atoms with van der Waals surface area (Å²) >= 11 is 0. The van der Waals surface area contributed by atoms with E-state index >= 15 is 4.39 Å². The number of fused-ring (bicyclic) bond motifs is 1. The van der Waals surface area contributed by atoms with Crippen LogP contribution in [0.15, 0.2) is 43.0 Å². The first kappa shape index (κ1) is 21.6. The number of rotatable bonds is 3. The fourth-order valence-electron chi connectivity index (χ4n) is 4.58. The number of nitrogens with one attached hydrogen (secondary N) is 1. The second kappa shape index (κ2) is 7.65. The lowest BCUT2D eigenvalue weighted by molar-refractivity contribution is -0.145. The van der Waals surface area contributed by atoms with Crippen molar-refractivity contribution < 1.29 is 14.0 Å². The number of aromatic amines is 1. The molecule has 0 aliphatic carbocycles. The van der Waals surface area contributed by atoms with Gasteiger partial charge in [0.25, 0.3) is 5.91 Å². The summed E-state index contributed by atoms with van der Waals surface area (Å²) in [5.74, 6) is -0.641. The minimum atomic E-state index is -1.02. The number of carbonyl (C=O) groups excluding carboxylic acids is 2. The lowest BCUT2D eigenvalue weighted by Gasteiger charge is -2.45. The third-order valence-electron chi connectivity index (χ3n) is 6.30. The van der Waals surface area contributed by atoms with E-state index in [0.717, 1.165) is 5.56 Å². The van der Waals surface area contributed by atoms with E-state index in [2.05, 4.69) is 20.3 Å². The zero-order valence-corrected chi connectivity index (χ0v) is 18.9. The van der Waals surface area contributed by atoms with E-state index in [4.69, 9.17) is 5.73 Å². The van der Waals surface area contributed by atoms with Crippen LogP contribution >= 0.6 is 0 Å². The highest BCUT2D eigenvalue weighted by Gasteiger charge is 2.43. The lowest BCUT2D eigenvalue weighted by Crippen LogP contribution is -2.64. The molecular weight excluding hydrogens is 439 g/mol. The van der Waals surface area contributed by atoms with Crippen LogP contribution in [0.2, 0.25) is 0 Å². The van der Waals surface area contributed by atoms with E-state index < -0.39 is 11.4 Å². The molecule has 1 aromatic carbocycles. The third-order valence-corrected chi connectivity index (χ3v) is 6.30. The molecule has 0 atom stereocenters. The maximum Gasteiger partial charge on any atom is 0.252 e. The quantitative estimate of drug-likeness (QED) is 0.482. The molecule has 0 radical (unpaired) electrons. The second-order valence-corrected chi connectivity index (χ2v) is 8.69. The molecule has 1 aliphatic rings. The average Bonchev–Trinajstić information content (AvgIpc) is 3.44. The van der Waals surface area contributed by atoms with Crippen LogP contribution in [0.3, 0.4) is 0 Å². The number of benzene rings is 1. The molecule has 0 unspecified atom stereocenters. The monoisotopic (exact) mass is 462 g/mol. The summed E-state index contributed by atoms with van der Waals surface area (Å²) in [4.78, 5) is 32.5. The Balaban J connectivity index is 1.64. The lowest BCUT2D eigenvalue weighted by atomic mass is 9.96. The number of aromatic nitrogens is 5. The number of halogens is 1. The van der Waals surface area contributed by atoms with Gasteiger partial charge >= 0.3 is 0 Å². The molecule has 1 aliphatic heterocycles. The zero-order valence-electron chi connectivity index (χ0n) is 18.9. The third kappa shape index (κ3) is 3.19. The summed E-state index contributed by atoms with van der Waals surface area (Å²) in [5, 5.41) is 11.1. The van der Waals surface area contributed by atoms with E-state index in [9.17, 15) is 9.59 Å². The molecule has 3 N–H and O–H groups in total. The number of nitrogens with zero attached hydrogens (tertiary/aromatic N) is 6. The van der Waals surface area contributed by atoms with Gasteiger partial charge in [0.15, 0.2) is 5.82 Å². The van der Waals surface area contributed by atoms with Crippen molar-refractivity contribution in [3.63, 3.8) is 0 Å². The first-order valence-corrected chi connectivity index (χ1v) is 10.7. The number of hydrogen-bond acceptors (Lipinski definition) is 6. The van der Waals surface area contributed by atoms with Gasteiger partial charge in [-0.15, -0.1) is 0 Å². The molecule has 0 saturated carbocycles. The first-order chi connectivity index (χ1) is 16.2. The summed E-state index contributed by atoms with van der Waals surface area (Å²) in [6.07, 6.45) is 4.64. The maximum absolute atomic E-state index is 15.2. The van der Waals surface area contributed by atoms with Crippen molar-refractivity contribution in [2.75, 3.05) is 23.7 Å². The van der Waals surface area contributed by atoms with Gasteiger partial charge in [0, 0.05) is 48.6 Å². The Bertz CT molecular complexity index is 1430. The molecule has 4 aromatic rings. The SMILES string of the molecule is CC(=O)N1CCN(c2ccc(F)c(-c3cc(-c4cn[nH]c4)c4c(N)ncnn34)c2)C(=O)C1(C)C. The van der Waals surface area contributed by atoms with Crippen molar-refractivity contribution in [3.8, 4) is 22.4 Å². The average molecular weight is 462 g/mol. The predicted octanol–water partition coefficient (Wildman–Crippen LogP) is 2.48. The molecule has 4 heterocycles. The number of anilines is 2. The molecule has 11 heteroatoms. The van der Waals surface area contributed by atoms with E-state index in [1.807, 2.05) is 0 Å². The molecule has 10 nitrogen and oxygen atoms in total. The van der Waals surface area contributed by atoms with Crippen molar-refractivity contribution in [1.29, 1.82) is 0 Å². The van der Waals surface area contributed by atoms with Gasteiger partial charge in [0.1, 0.15) is 23.2 Å². The van der Waals surface area contributed by atoms with Gasteiger partial charge in [-0.1, -0.05) is 0 Å². The molecule has 34 heavy (non-hydrogen) atoms. The number of piperazine rings is 1. The molecule has 2 amide bonds. The number of nitrogen functional groups attached to an aromatic ring is 1. The molecule has 3 aromatic heterocycles. The van der Waals surface area contributed by atoms with Crippen molar-refractivity contribution in [2.24, 2.45) is 0 Å². The topological polar surface area (TPSA) is 126 Å². The minimum Gasteiger partial charge on any atom is -0.382 e. The Morgan fingerprint density at radius 3 is 2.71 bits per heavy atom. The molecule has 0 spiro atoms. The normalized spacial score (nSPS) is 15.8. The molecule has 174 valence electrons. The van der Waals surface area contributed by atoms with Crippen LogP contribution < -0.4 is 10.6 Å². The molecule has 1 fully saturated rings. The standard InChI is InChI=1S/C23H23FN8O2/c1-13(33)31-7-6-30(22(34)23(31,2)3)15-4-5-18(24)17(8-15)19-9-16(14-10-27-28-11-14)20-21(25)26-12-29-32(19)20/h4-5,8-12H,6-7H2,1-3H3,(H,27,28)(H2,25,26,29). The fourth-order valence-corrected chi connectivity index (χ4v) is 4.58. The maximum atomic E-state index is 15.2. The van der Waals surface area contributed by atoms with Crippen molar-refractivity contribution in [1.82, 2.24) is 29.7 Å². The van der Waals surface area contributed by atoms with E-state index in [1.54, 1.807) is 54.2 Å². The molecule has 5 rings (SSSR count). The Labute approximate surface area is 194 Å². The Kier molecular flexibility index (Phi) is 4.85. The fraction of sp³-hybridized carbons (Fsp3) is 0.261. The minimum absolute atomic E-state index is 0.165. The van der Waals surface area contributed by atoms with Crippen LogP contribution in [0.1, 0.15) is 20.8 Å². The van der Waals surface area contributed by atoms with Crippen LogP contribution in [0.4, 0.5) is 15.9 Å². The van der Waals surface area contributed by atoms with Gasteiger partial charge in [-0.05, 0) is 38.1 Å². The zero-order chi connectivity index (χ0) is 24.2. The Morgan fingerprint density at radius 2 is 2.00 bits per heavy atom. The number of amides is 2. The van der Waals surface area contributed by atoms with Gasteiger partial charge < -0.3 is 15.5 Å². The highest BCUT2D eigenvalue weighted by molar-refractivity contribution is 6.03. The Morgan fingerprint density at radius 1 is 1.21 bits per heavy atom. The van der Waals surface area contributed by atoms with Gasteiger partial charge in [-0.2, -0.15) is 10.2 Å². The summed E-state index contributed by atoms with van der Waals surface area (Å²) in [7, 11) is 0. The highest BCUT2D eigenvalue weighted by atomic mass is 19.1. The van der Waals surface area contributed by atoms with E-state index in [-0.39, 0.29) is 23.2 Å². The molecular formula is C23H23FN8O2. The van der Waals surface area contributed by atoms with Gasteiger partial charge in [-0.3, -0.25) is 14.7 Å². The first-order valence-electron chi connectivity index (χ1n) is 10.7. The van der Waals surface area contributed by atoms with Crippen LogP contribution in [0, 0.1) is 5.82 Å². The van der Waals surface area contributed by atoms with Gasteiger partial charge in [0.2, 0.25) is 5.91 Å². The van der Waals surface area contributed by atoms with Crippen LogP contribution in [-0.4, -0.2) is 60.1 Å². The number of hydrogen-bond donors (Lipinski definition) is 2. The van der Waals surface area contributed by atoms with Crippen molar-refractivity contribution in [3.05, 3.63) is 48.8 Å². The Hall–Kier alpha value is -4.28. The van der Waals surface area contributed by atoms with Crippen molar-refractivity contribution in [2.45, 2.75) is 26.3 Å². The highest BCUT2D eigenvalue weighted by Crippen LogP contribution is 2.37. The van der Waals surface area contributed by atoms with E-state index in [1.165, 1.54) is 23.8 Å². The summed E-state index contributed by atoms with van der Waals surface area (Å²) in [6, 6.07) is 6.27. The molecule has 0 bridgehead atoms. The number of H-pyrrole nitrogens is 1. The van der Waals surface area contributed by atoms with Crippen LogP contribution in [0.5, 0.6) is 0 Å². The largest absolute Gasteiger partial charge is 0.382 e. The predicted molar refractivity (Wildman–Crippen MR) is 124 cm³/mol. The number of nitrogens with two attached hydrogens (primary N) is 1. The summed E-state index contributed by atoms with van der Waals surface area (Å²) < 4.78 is 16.7. The number of carbonyl (C=O) groups is 2. The molecule has 1 saturated heterocycles. The summed E-state index contributed by atoms with van der Waals surface area (Å²) in [6.45, 7) is 5.56. The van der Waals surface area contributed by atoms with Crippen LogP contribution in [0.25, 0.3) is 27.9 Å².